The van der Waals surface area contributed by atoms with E-state index in [0.29, 0.717) is 23.6 Å². The zero-order valence-electron chi connectivity index (χ0n) is 16.4. The van der Waals surface area contributed by atoms with Crippen LogP contribution in [0.2, 0.25) is 0 Å². The highest BCUT2D eigenvalue weighted by Gasteiger charge is 2.16. The van der Waals surface area contributed by atoms with Gasteiger partial charge in [-0.15, -0.1) is 11.3 Å². The number of carbonyl (C=O) groups excluding carboxylic acids is 2. The van der Waals surface area contributed by atoms with Gasteiger partial charge < -0.3 is 20.7 Å². The minimum atomic E-state index is -0.295. The Kier molecular flexibility index (Phi) is 6.05. The number of anilines is 2. The Morgan fingerprint density at radius 2 is 2.00 bits per heavy atom. The van der Waals surface area contributed by atoms with E-state index in [1.165, 1.54) is 11.3 Å². The standard InChI is InChI=1S/C20H22N6O3S/c1-26-11-13(9-22-26)19-25-17(12-30-19)18(27)23-14-4-6-15(7-5-14)24-20(28)21-10-16-3-2-8-29-16/h4-7,9,11-12,16H,2-3,8,10H2,1H3,(H,23,27)(H2,21,24,28)/t16-/m0/s1. The third-order valence-corrected chi connectivity index (χ3v) is 5.49. The number of hydrogen-bond acceptors (Lipinski definition) is 6. The van der Waals surface area contributed by atoms with Crippen molar-refractivity contribution in [3.63, 3.8) is 0 Å². The van der Waals surface area contributed by atoms with Gasteiger partial charge in [-0.2, -0.15) is 5.10 Å². The molecular formula is C20H22N6O3S. The molecule has 1 saturated heterocycles. The predicted molar refractivity (Wildman–Crippen MR) is 115 cm³/mol. The number of aromatic nitrogens is 3. The molecule has 3 heterocycles. The molecule has 1 atom stereocenters. The van der Waals surface area contributed by atoms with Gasteiger partial charge in [-0.05, 0) is 37.1 Å². The SMILES string of the molecule is Cn1cc(-c2nc(C(=O)Nc3ccc(NC(=O)NC[C@@H]4CCCO4)cc3)cs2)cn1. The lowest BCUT2D eigenvalue weighted by Crippen LogP contribution is -2.35. The van der Waals surface area contributed by atoms with Gasteiger partial charge in [0.05, 0.1) is 12.3 Å². The van der Waals surface area contributed by atoms with Gasteiger partial charge in [-0.3, -0.25) is 9.48 Å². The van der Waals surface area contributed by atoms with Crippen molar-refractivity contribution in [3.05, 3.63) is 47.7 Å². The number of amides is 3. The van der Waals surface area contributed by atoms with Crippen LogP contribution in [0.5, 0.6) is 0 Å². The molecule has 0 aliphatic carbocycles. The number of nitrogens with zero attached hydrogens (tertiary/aromatic N) is 3. The molecule has 2 aromatic heterocycles. The number of rotatable bonds is 6. The van der Waals surface area contributed by atoms with E-state index in [1.807, 2.05) is 13.2 Å². The summed E-state index contributed by atoms with van der Waals surface area (Å²) in [5.41, 5.74) is 2.45. The zero-order valence-corrected chi connectivity index (χ0v) is 17.2. The summed E-state index contributed by atoms with van der Waals surface area (Å²) in [6.07, 6.45) is 5.66. The van der Waals surface area contributed by atoms with Crippen molar-refractivity contribution in [3.8, 4) is 10.6 Å². The topological polar surface area (TPSA) is 110 Å². The Balaban J connectivity index is 1.29. The van der Waals surface area contributed by atoms with E-state index in [4.69, 9.17) is 4.74 Å². The lowest BCUT2D eigenvalue weighted by Gasteiger charge is -2.12. The molecule has 1 fully saturated rings. The number of benzene rings is 1. The van der Waals surface area contributed by atoms with Crippen LogP contribution in [0.25, 0.3) is 10.6 Å². The number of ether oxygens (including phenoxy) is 1. The lowest BCUT2D eigenvalue weighted by molar-refractivity contribution is 0.102. The molecule has 4 rings (SSSR count). The number of thiazole rings is 1. The number of aryl methyl sites for hydroxylation is 1. The molecule has 30 heavy (non-hydrogen) atoms. The molecule has 156 valence electrons. The van der Waals surface area contributed by atoms with E-state index in [-0.39, 0.29) is 18.0 Å². The Bertz CT molecular complexity index is 1020. The quantitative estimate of drug-likeness (QED) is 0.561. The molecule has 0 spiro atoms. The third kappa shape index (κ3) is 5.02. The van der Waals surface area contributed by atoms with E-state index < -0.39 is 0 Å². The van der Waals surface area contributed by atoms with E-state index in [0.717, 1.165) is 30.0 Å². The van der Waals surface area contributed by atoms with Crippen molar-refractivity contribution in [2.75, 3.05) is 23.8 Å². The molecule has 0 radical (unpaired) electrons. The number of hydrogen-bond donors (Lipinski definition) is 3. The van der Waals surface area contributed by atoms with Gasteiger partial charge in [0.25, 0.3) is 5.91 Å². The van der Waals surface area contributed by atoms with Crippen LogP contribution in [0.4, 0.5) is 16.2 Å². The fraction of sp³-hybridized carbons (Fsp3) is 0.300. The molecule has 9 nitrogen and oxygen atoms in total. The molecule has 0 saturated carbocycles. The Morgan fingerprint density at radius 1 is 1.23 bits per heavy atom. The van der Waals surface area contributed by atoms with Crippen molar-refractivity contribution in [1.82, 2.24) is 20.1 Å². The molecule has 0 bridgehead atoms. The van der Waals surface area contributed by atoms with Gasteiger partial charge in [0.2, 0.25) is 0 Å². The van der Waals surface area contributed by atoms with Gasteiger partial charge in [0, 0.05) is 48.7 Å². The van der Waals surface area contributed by atoms with Gasteiger partial charge in [-0.25, -0.2) is 9.78 Å². The van der Waals surface area contributed by atoms with Gasteiger partial charge in [-0.1, -0.05) is 0 Å². The second-order valence-electron chi connectivity index (χ2n) is 6.94. The summed E-state index contributed by atoms with van der Waals surface area (Å²) in [5.74, 6) is -0.295. The molecule has 10 heteroatoms. The van der Waals surface area contributed by atoms with Crippen LogP contribution in [0, 0.1) is 0 Å². The van der Waals surface area contributed by atoms with Crippen LogP contribution in [0.15, 0.2) is 42.0 Å². The van der Waals surface area contributed by atoms with Crippen LogP contribution in [-0.2, 0) is 11.8 Å². The summed E-state index contributed by atoms with van der Waals surface area (Å²) in [6.45, 7) is 1.25. The van der Waals surface area contributed by atoms with Crippen molar-refractivity contribution in [2.45, 2.75) is 18.9 Å². The Morgan fingerprint density at radius 3 is 2.67 bits per heavy atom. The largest absolute Gasteiger partial charge is 0.376 e. The van der Waals surface area contributed by atoms with Crippen molar-refractivity contribution < 1.29 is 14.3 Å². The highest BCUT2D eigenvalue weighted by atomic mass is 32.1. The molecule has 3 amide bonds. The average molecular weight is 427 g/mol. The van der Waals surface area contributed by atoms with Crippen molar-refractivity contribution in [2.24, 2.45) is 7.05 Å². The summed E-state index contributed by atoms with van der Waals surface area (Å²) in [4.78, 5) is 28.8. The Labute approximate surface area is 177 Å². The molecule has 1 aliphatic heterocycles. The average Bonchev–Trinajstić information content (AvgIpc) is 3.49. The predicted octanol–water partition coefficient (Wildman–Crippen LogP) is 3.10. The van der Waals surface area contributed by atoms with Gasteiger partial charge in [0.15, 0.2) is 0 Å². The molecule has 1 aromatic carbocycles. The second kappa shape index (κ2) is 9.06. The number of urea groups is 1. The monoisotopic (exact) mass is 426 g/mol. The lowest BCUT2D eigenvalue weighted by atomic mass is 10.2. The molecule has 3 aromatic rings. The first-order valence-electron chi connectivity index (χ1n) is 9.59. The maximum absolute atomic E-state index is 12.5. The van der Waals surface area contributed by atoms with Crippen LogP contribution in [0.1, 0.15) is 23.3 Å². The smallest absolute Gasteiger partial charge is 0.319 e. The van der Waals surface area contributed by atoms with E-state index in [2.05, 4.69) is 26.0 Å². The molecule has 1 aliphatic rings. The Hall–Kier alpha value is -3.24. The first-order chi connectivity index (χ1) is 14.6. The summed E-state index contributed by atoms with van der Waals surface area (Å²) in [6, 6.07) is 6.61. The fourth-order valence-electron chi connectivity index (χ4n) is 3.06. The zero-order chi connectivity index (χ0) is 20.9. The first-order valence-corrected chi connectivity index (χ1v) is 10.5. The molecular weight excluding hydrogens is 404 g/mol. The van der Waals surface area contributed by atoms with Crippen molar-refractivity contribution in [1.29, 1.82) is 0 Å². The van der Waals surface area contributed by atoms with Gasteiger partial charge in [0.1, 0.15) is 10.7 Å². The van der Waals surface area contributed by atoms with E-state index in [1.54, 1.807) is 40.5 Å². The summed E-state index contributed by atoms with van der Waals surface area (Å²) < 4.78 is 7.17. The van der Waals surface area contributed by atoms with E-state index in [9.17, 15) is 9.59 Å². The van der Waals surface area contributed by atoms with Crippen LogP contribution in [0.3, 0.4) is 0 Å². The van der Waals surface area contributed by atoms with Crippen molar-refractivity contribution >= 4 is 34.6 Å². The van der Waals surface area contributed by atoms with E-state index >= 15 is 0 Å². The molecule has 0 unspecified atom stereocenters. The summed E-state index contributed by atoms with van der Waals surface area (Å²) in [5, 5.41) is 14.9. The maximum Gasteiger partial charge on any atom is 0.319 e. The first kappa shape index (κ1) is 20.0. The van der Waals surface area contributed by atoms with Gasteiger partial charge >= 0.3 is 6.03 Å². The summed E-state index contributed by atoms with van der Waals surface area (Å²) in [7, 11) is 1.83. The van der Waals surface area contributed by atoms with Crippen LogP contribution >= 0.6 is 11.3 Å². The number of carbonyl (C=O) groups is 2. The number of nitrogens with one attached hydrogen (secondary N) is 3. The fourth-order valence-corrected chi connectivity index (χ4v) is 3.84. The summed E-state index contributed by atoms with van der Waals surface area (Å²) >= 11 is 1.39. The normalized spacial score (nSPS) is 15.7. The van der Waals surface area contributed by atoms with Crippen LogP contribution < -0.4 is 16.0 Å². The molecule has 3 N–H and O–H groups in total. The third-order valence-electron chi connectivity index (χ3n) is 4.60. The highest BCUT2D eigenvalue weighted by molar-refractivity contribution is 7.13. The van der Waals surface area contributed by atoms with Crippen LogP contribution in [-0.4, -0.2) is 46.0 Å². The second-order valence-corrected chi connectivity index (χ2v) is 7.80. The minimum absolute atomic E-state index is 0.0951. The highest BCUT2D eigenvalue weighted by Crippen LogP contribution is 2.23. The maximum atomic E-state index is 12.5. The minimum Gasteiger partial charge on any atom is -0.376 e.